The van der Waals surface area contributed by atoms with Gasteiger partial charge in [0.15, 0.2) is 0 Å². The molecule has 0 aromatic carbocycles. The predicted molar refractivity (Wildman–Crippen MR) is 86.1 cm³/mol. The topological polar surface area (TPSA) is 24.5 Å². The standard InChI is InChI=1S/C15H32N2OS/c1-5-16-12-15(7-9-18-10-8-15)13-17(3)14(2)6-11-19-4/h14,16H,5-13H2,1-4H3. The van der Waals surface area contributed by atoms with Gasteiger partial charge in [-0.05, 0) is 57.2 Å². The molecule has 1 unspecified atom stereocenters. The lowest BCUT2D eigenvalue weighted by Crippen LogP contribution is -2.48. The van der Waals surface area contributed by atoms with E-state index in [1.807, 2.05) is 11.8 Å². The third-order valence-corrected chi connectivity index (χ3v) is 5.02. The summed E-state index contributed by atoms with van der Waals surface area (Å²) in [5.41, 5.74) is 0.413. The lowest BCUT2D eigenvalue weighted by atomic mass is 9.79. The molecule has 1 heterocycles. The second-order valence-electron chi connectivity index (χ2n) is 5.94. The minimum absolute atomic E-state index is 0.413. The van der Waals surface area contributed by atoms with Crippen LogP contribution in [-0.4, -0.2) is 62.8 Å². The van der Waals surface area contributed by atoms with Gasteiger partial charge >= 0.3 is 0 Å². The van der Waals surface area contributed by atoms with Crippen LogP contribution in [0.15, 0.2) is 0 Å². The smallest absolute Gasteiger partial charge is 0.0472 e. The zero-order chi connectivity index (χ0) is 14.1. The first-order valence-corrected chi connectivity index (χ1v) is 9.00. The highest BCUT2D eigenvalue weighted by molar-refractivity contribution is 7.98. The Balaban J connectivity index is 2.50. The molecule has 0 saturated carbocycles. The van der Waals surface area contributed by atoms with Crippen LogP contribution in [-0.2, 0) is 4.74 Å². The first-order chi connectivity index (χ1) is 9.13. The third kappa shape index (κ3) is 6.03. The summed E-state index contributed by atoms with van der Waals surface area (Å²) >= 11 is 1.95. The Morgan fingerprint density at radius 1 is 1.37 bits per heavy atom. The van der Waals surface area contributed by atoms with Crippen molar-refractivity contribution in [3.05, 3.63) is 0 Å². The van der Waals surface area contributed by atoms with Crippen molar-refractivity contribution in [3.8, 4) is 0 Å². The van der Waals surface area contributed by atoms with E-state index in [0.29, 0.717) is 11.5 Å². The number of nitrogens with one attached hydrogen (secondary N) is 1. The second kappa shape index (κ2) is 9.22. The molecule has 1 aliphatic heterocycles. The van der Waals surface area contributed by atoms with Gasteiger partial charge < -0.3 is 15.0 Å². The average molecular weight is 289 g/mol. The molecule has 1 rings (SSSR count). The molecule has 1 fully saturated rings. The van der Waals surface area contributed by atoms with Crippen molar-refractivity contribution in [2.45, 2.75) is 39.2 Å². The maximum atomic E-state index is 5.56. The summed E-state index contributed by atoms with van der Waals surface area (Å²) in [6.45, 7) is 9.80. The lowest BCUT2D eigenvalue weighted by molar-refractivity contribution is -0.00552. The van der Waals surface area contributed by atoms with E-state index in [1.165, 1.54) is 31.6 Å². The quantitative estimate of drug-likeness (QED) is 0.704. The number of hydrogen-bond donors (Lipinski definition) is 1. The largest absolute Gasteiger partial charge is 0.381 e. The Morgan fingerprint density at radius 3 is 2.63 bits per heavy atom. The maximum Gasteiger partial charge on any atom is 0.0472 e. The van der Waals surface area contributed by atoms with Gasteiger partial charge in [-0.1, -0.05) is 6.92 Å². The molecule has 114 valence electrons. The molecule has 0 spiro atoms. The zero-order valence-electron chi connectivity index (χ0n) is 13.2. The van der Waals surface area contributed by atoms with Gasteiger partial charge in [0.1, 0.15) is 0 Å². The Kier molecular flexibility index (Phi) is 8.38. The highest BCUT2D eigenvalue weighted by Gasteiger charge is 2.34. The Hall–Kier alpha value is 0.230. The fourth-order valence-electron chi connectivity index (χ4n) is 2.78. The summed E-state index contributed by atoms with van der Waals surface area (Å²) in [4.78, 5) is 2.55. The molecule has 0 aromatic rings. The van der Waals surface area contributed by atoms with Gasteiger partial charge in [-0.2, -0.15) is 11.8 Å². The number of ether oxygens (including phenoxy) is 1. The number of thioether (sulfide) groups is 1. The normalized spacial score (nSPS) is 20.7. The Bertz CT molecular complexity index is 232. The Morgan fingerprint density at radius 2 is 2.05 bits per heavy atom. The van der Waals surface area contributed by atoms with Gasteiger partial charge in [0.05, 0.1) is 0 Å². The van der Waals surface area contributed by atoms with Crippen LogP contribution in [0.5, 0.6) is 0 Å². The van der Waals surface area contributed by atoms with E-state index in [-0.39, 0.29) is 0 Å². The predicted octanol–water partition coefficient (Wildman–Crippen LogP) is 2.47. The van der Waals surface area contributed by atoms with E-state index in [1.54, 1.807) is 0 Å². The molecule has 1 N–H and O–H groups in total. The number of hydrogen-bond acceptors (Lipinski definition) is 4. The van der Waals surface area contributed by atoms with E-state index >= 15 is 0 Å². The summed E-state index contributed by atoms with van der Waals surface area (Å²) < 4.78 is 5.56. The first kappa shape index (κ1) is 17.3. The molecular formula is C15H32N2OS. The van der Waals surface area contributed by atoms with Gasteiger partial charge in [0, 0.05) is 32.3 Å². The third-order valence-electron chi connectivity index (χ3n) is 4.38. The molecule has 3 nitrogen and oxygen atoms in total. The molecule has 1 saturated heterocycles. The molecule has 0 bridgehead atoms. The molecule has 0 amide bonds. The van der Waals surface area contributed by atoms with Gasteiger partial charge in [-0.25, -0.2) is 0 Å². The van der Waals surface area contributed by atoms with Crippen molar-refractivity contribution in [1.29, 1.82) is 0 Å². The van der Waals surface area contributed by atoms with Crippen LogP contribution in [0.25, 0.3) is 0 Å². The second-order valence-corrected chi connectivity index (χ2v) is 6.92. The van der Waals surface area contributed by atoms with Crippen molar-refractivity contribution in [2.75, 3.05) is 51.9 Å². The summed E-state index contributed by atoms with van der Waals surface area (Å²) in [6, 6.07) is 0.675. The molecule has 4 heteroatoms. The number of nitrogens with zero attached hydrogens (tertiary/aromatic N) is 1. The van der Waals surface area contributed by atoms with E-state index < -0.39 is 0 Å². The molecule has 19 heavy (non-hydrogen) atoms. The van der Waals surface area contributed by atoms with E-state index in [2.05, 4.69) is 37.4 Å². The van der Waals surface area contributed by atoms with Gasteiger partial charge in [0.2, 0.25) is 0 Å². The molecule has 1 atom stereocenters. The van der Waals surface area contributed by atoms with Crippen molar-refractivity contribution in [2.24, 2.45) is 5.41 Å². The summed E-state index contributed by atoms with van der Waals surface area (Å²) in [5, 5.41) is 3.56. The maximum absolute atomic E-state index is 5.56. The average Bonchev–Trinajstić information content (AvgIpc) is 2.43. The van der Waals surface area contributed by atoms with Crippen molar-refractivity contribution < 1.29 is 4.74 Å². The zero-order valence-corrected chi connectivity index (χ0v) is 14.0. The van der Waals surface area contributed by atoms with Crippen molar-refractivity contribution in [1.82, 2.24) is 10.2 Å². The van der Waals surface area contributed by atoms with Crippen LogP contribution in [0.4, 0.5) is 0 Å². The van der Waals surface area contributed by atoms with Crippen LogP contribution < -0.4 is 5.32 Å². The van der Waals surface area contributed by atoms with Crippen LogP contribution in [0.3, 0.4) is 0 Å². The summed E-state index contributed by atoms with van der Waals surface area (Å²) in [7, 11) is 2.29. The SMILES string of the molecule is CCNCC1(CN(C)C(C)CCSC)CCOCC1. The summed E-state index contributed by atoms with van der Waals surface area (Å²) in [5.74, 6) is 1.26. The van der Waals surface area contributed by atoms with Crippen molar-refractivity contribution >= 4 is 11.8 Å². The molecule has 0 radical (unpaired) electrons. The highest BCUT2D eigenvalue weighted by Crippen LogP contribution is 2.31. The fraction of sp³-hybridized carbons (Fsp3) is 1.00. The van der Waals surface area contributed by atoms with E-state index in [9.17, 15) is 0 Å². The monoisotopic (exact) mass is 288 g/mol. The van der Waals surface area contributed by atoms with Gasteiger partial charge in [0.25, 0.3) is 0 Å². The lowest BCUT2D eigenvalue weighted by Gasteiger charge is -2.42. The van der Waals surface area contributed by atoms with Crippen LogP contribution in [0, 0.1) is 5.41 Å². The highest BCUT2D eigenvalue weighted by atomic mass is 32.2. The Labute approximate surface area is 123 Å². The molecule has 0 aliphatic carbocycles. The van der Waals surface area contributed by atoms with Crippen molar-refractivity contribution in [3.63, 3.8) is 0 Å². The molecule has 1 aliphatic rings. The van der Waals surface area contributed by atoms with Gasteiger partial charge in [-0.15, -0.1) is 0 Å². The number of rotatable bonds is 9. The fourth-order valence-corrected chi connectivity index (χ4v) is 3.36. The van der Waals surface area contributed by atoms with Gasteiger partial charge in [-0.3, -0.25) is 0 Å². The minimum atomic E-state index is 0.413. The molecular weight excluding hydrogens is 256 g/mol. The first-order valence-electron chi connectivity index (χ1n) is 7.61. The van der Waals surface area contributed by atoms with E-state index in [4.69, 9.17) is 4.74 Å². The molecule has 0 aromatic heterocycles. The van der Waals surface area contributed by atoms with E-state index in [0.717, 1.165) is 26.3 Å². The minimum Gasteiger partial charge on any atom is -0.381 e. The summed E-state index contributed by atoms with van der Waals surface area (Å²) in [6.07, 6.45) is 5.86. The van der Waals surface area contributed by atoms with Crippen LogP contribution in [0.1, 0.15) is 33.1 Å². The van der Waals surface area contributed by atoms with Crippen LogP contribution in [0.2, 0.25) is 0 Å². The van der Waals surface area contributed by atoms with Crippen LogP contribution >= 0.6 is 11.8 Å².